The lowest BCUT2D eigenvalue weighted by atomic mass is 10.2. The first-order chi connectivity index (χ1) is 13.8. The molecule has 2 N–H and O–H groups in total. The molecule has 7 heteroatoms. The number of nitrogens with zero attached hydrogens (tertiary/aromatic N) is 3. The second kappa shape index (κ2) is 9.32. The number of nitrogens with one attached hydrogen (secondary N) is 2. The second-order valence-corrected chi connectivity index (χ2v) is 7.98. The first kappa shape index (κ1) is 19.1. The van der Waals surface area contributed by atoms with Crippen molar-refractivity contribution in [1.82, 2.24) is 15.6 Å². The molecule has 0 radical (unpaired) electrons. The van der Waals surface area contributed by atoms with Gasteiger partial charge in [0.15, 0.2) is 5.96 Å². The minimum Gasteiger partial charge on any atom is -0.469 e. The predicted octanol–water partition coefficient (Wildman–Crippen LogP) is 3.63. The van der Waals surface area contributed by atoms with Gasteiger partial charge in [-0.05, 0) is 43.5 Å². The number of pyridine rings is 1. The van der Waals surface area contributed by atoms with E-state index in [4.69, 9.17) is 21.0 Å². The van der Waals surface area contributed by atoms with Crippen molar-refractivity contribution in [1.29, 1.82) is 0 Å². The summed E-state index contributed by atoms with van der Waals surface area (Å²) >= 11 is 6.32. The molecule has 6 nitrogen and oxygen atoms in total. The number of guanidine groups is 1. The monoisotopic (exact) mass is 401 g/mol. The molecule has 2 aliphatic rings. The smallest absolute Gasteiger partial charge is 0.191 e. The third-order valence-corrected chi connectivity index (χ3v) is 5.77. The molecule has 0 aromatic carbocycles. The highest BCUT2D eigenvalue weighted by atomic mass is 35.5. The largest absolute Gasteiger partial charge is 0.469 e. The van der Waals surface area contributed by atoms with E-state index in [0.717, 1.165) is 43.5 Å². The van der Waals surface area contributed by atoms with Crippen molar-refractivity contribution in [3.63, 3.8) is 0 Å². The average Bonchev–Trinajstić information content (AvgIpc) is 3.45. The normalized spacial score (nSPS) is 20.7. The van der Waals surface area contributed by atoms with Crippen molar-refractivity contribution < 1.29 is 4.42 Å². The Balaban J connectivity index is 1.36. The van der Waals surface area contributed by atoms with Gasteiger partial charge in [-0.25, -0.2) is 4.98 Å². The van der Waals surface area contributed by atoms with E-state index >= 15 is 0 Å². The summed E-state index contributed by atoms with van der Waals surface area (Å²) in [7, 11) is 0. The highest BCUT2D eigenvalue weighted by Gasteiger charge is 2.26. The molecule has 0 bridgehead atoms. The van der Waals surface area contributed by atoms with Gasteiger partial charge in [0.05, 0.1) is 11.3 Å². The van der Waals surface area contributed by atoms with Crippen LogP contribution in [0.25, 0.3) is 0 Å². The topological polar surface area (TPSA) is 65.7 Å². The van der Waals surface area contributed by atoms with Gasteiger partial charge < -0.3 is 20.0 Å². The Labute approximate surface area is 171 Å². The van der Waals surface area contributed by atoms with Crippen LogP contribution in [0.15, 0.2) is 46.1 Å². The van der Waals surface area contributed by atoms with Crippen LogP contribution in [0.2, 0.25) is 5.02 Å². The van der Waals surface area contributed by atoms with Crippen molar-refractivity contribution in [3.05, 3.63) is 47.5 Å². The molecule has 1 aliphatic heterocycles. The van der Waals surface area contributed by atoms with Crippen LogP contribution in [0.1, 0.15) is 37.9 Å². The quantitative estimate of drug-likeness (QED) is 0.571. The fourth-order valence-corrected chi connectivity index (χ4v) is 4.24. The molecule has 150 valence electrons. The summed E-state index contributed by atoms with van der Waals surface area (Å²) in [6, 6.07) is 8.54. The Bertz CT molecular complexity index is 773. The lowest BCUT2D eigenvalue weighted by Crippen LogP contribution is -2.47. The maximum Gasteiger partial charge on any atom is 0.191 e. The zero-order valence-corrected chi connectivity index (χ0v) is 16.9. The molecule has 1 atom stereocenters. The molecule has 1 saturated heterocycles. The van der Waals surface area contributed by atoms with Crippen LogP contribution >= 0.6 is 11.6 Å². The first-order valence-electron chi connectivity index (χ1n) is 10.2. The highest BCUT2D eigenvalue weighted by Crippen LogP contribution is 2.25. The molecule has 3 heterocycles. The van der Waals surface area contributed by atoms with Gasteiger partial charge in [-0.3, -0.25) is 4.99 Å². The third-order valence-electron chi connectivity index (χ3n) is 5.47. The fraction of sp³-hybridized carbons (Fsp3) is 0.524. The molecule has 1 saturated carbocycles. The standard InChI is InChI=1S/C21H28ClN5O/c22-19-8-3-11-23-20(19)27-13-10-17(15-27)26-21(25-16-5-1-2-6-16)24-12-9-18-7-4-14-28-18/h3-4,7-8,11,14,16-17H,1-2,5-6,9-10,12-13,15H2,(H2,24,25,26). The number of aromatic nitrogens is 1. The fourth-order valence-electron chi connectivity index (χ4n) is 4.00. The molecular weight excluding hydrogens is 374 g/mol. The van der Waals surface area contributed by atoms with Crippen LogP contribution in [0.4, 0.5) is 5.82 Å². The molecule has 2 aromatic rings. The molecule has 1 unspecified atom stereocenters. The van der Waals surface area contributed by atoms with Crippen molar-refractivity contribution in [2.75, 3.05) is 24.5 Å². The SMILES string of the molecule is Clc1cccnc1N1CCC(NC(=NCCc2ccco2)NC2CCCC2)C1. The van der Waals surface area contributed by atoms with Gasteiger partial charge in [-0.1, -0.05) is 24.4 Å². The Kier molecular flexibility index (Phi) is 6.37. The molecule has 2 fully saturated rings. The van der Waals surface area contributed by atoms with Crippen LogP contribution in [0.3, 0.4) is 0 Å². The van der Waals surface area contributed by atoms with Gasteiger partial charge in [0.25, 0.3) is 0 Å². The van der Waals surface area contributed by atoms with Crippen molar-refractivity contribution in [2.45, 2.75) is 50.6 Å². The zero-order chi connectivity index (χ0) is 19.2. The van der Waals surface area contributed by atoms with Gasteiger partial charge >= 0.3 is 0 Å². The van der Waals surface area contributed by atoms with E-state index in [9.17, 15) is 0 Å². The third kappa shape index (κ3) is 4.98. The Hall–Kier alpha value is -2.21. The van der Waals surface area contributed by atoms with Gasteiger partial charge in [0.2, 0.25) is 0 Å². The second-order valence-electron chi connectivity index (χ2n) is 7.57. The Morgan fingerprint density at radius 2 is 2.04 bits per heavy atom. The number of aliphatic imine (C=N–C) groups is 1. The summed E-state index contributed by atoms with van der Waals surface area (Å²) in [5.74, 6) is 2.76. The Morgan fingerprint density at radius 1 is 1.18 bits per heavy atom. The van der Waals surface area contributed by atoms with Gasteiger partial charge in [-0.2, -0.15) is 0 Å². The summed E-state index contributed by atoms with van der Waals surface area (Å²) < 4.78 is 5.42. The van der Waals surface area contributed by atoms with E-state index in [0.29, 0.717) is 23.7 Å². The summed E-state index contributed by atoms with van der Waals surface area (Å²) in [6.45, 7) is 2.52. The van der Waals surface area contributed by atoms with Crippen LogP contribution in [-0.4, -0.2) is 42.7 Å². The van der Waals surface area contributed by atoms with Gasteiger partial charge in [0, 0.05) is 44.3 Å². The number of rotatable bonds is 6. The van der Waals surface area contributed by atoms with Crippen molar-refractivity contribution >= 4 is 23.4 Å². The van der Waals surface area contributed by atoms with Crippen LogP contribution < -0.4 is 15.5 Å². The lowest BCUT2D eigenvalue weighted by molar-refractivity contribution is 0.510. The number of furan rings is 1. The van der Waals surface area contributed by atoms with Crippen molar-refractivity contribution in [2.24, 2.45) is 4.99 Å². The Morgan fingerprint density at radius 3 is 2.82 bits per heavy atom. The zero-order valence-electron chi connectivity index (χ0n) is 16.1. The summed E-state index contributed by atoms with van der Waals surface area (Å²) in [5, 5.41) is 7.98. The summed E-state index contributed by atoms with van der Waals surface area (Å²) in [6.07, 6.45) is 10.4. The molecule has 0 amide bonds. The van der Waals surface area contributed by atoms with Gasteiger partial charge in [0.1, 0.15) is 11.6 Å². The van der Waals surface area contributed by atoms with Crippen LogP contribution in [-0.2, 0) is 6.42 Å². The minimum atomic E-state index is 0.328. The summed E-state index contributed by atoms with van der Waals surface area (Å²) in [4.78, 5) is 11.5. The number of hydrogen-bond acceptors (Lipinski definition) is 4. The first-order valence-corrected chi connectivity index (χ1v) is 10.6. The predicted molar refractivity (Wildman–Crippen MR) is 113 cm³/mol. The van der Waals surface area contributed by atoms with E-state index in [1.165, 1.54) is 25.7 Å². The van der Waals surface area contributed by atoms with E-state index in [1.54, 1.807) is 12.5 Å². The van der Waals surface area contributed by atoms with E-state index in [1.807, 2.05) is 24.3 Å². The number of anilines is 1. The van der Waals surface area contributed by atoms with Gasteiger partial charge in [-0.15, -0.1) is 0 Å². The molecular formula is C21H28ClN5O. The molecule has 4 rings (SSSR count). The summed E-state index contributed by atoms with van der Waals surface area (Å²) in [5.41, 5.74) is 0. The highest BCUT2D eigenvalue weighted by molar-refractivity contribution is 6.32. The van der Waals surface area contributed by atoms with Crippen LogP contribution in [0, 0.1) is 0 Å². The van der Waals surface area contributed by atoms with Crippen molar-refractivity contribution in [3.8, 4) is 0 Å². The maximum absolute atomic E-state index is 6.32. The maximum atomic E-state index is 6.32. The van der Waals surface area contributed by atoms with E-state index < -0.39 is 0 Å². The minimum absolute atomic E-state index is 0.328. The average molecular weight is 402 g/mol. The van der Waals surface area contributed by atoms with E-state index in [-0.39, 0.29) is 0 Å². The van der Waals surface area contributed by atoms with Crippen LogP contribution in [0.5, 0.6) is 0 Å². The molecule has 1 aliphatic carbocycles. The number of hydrogen-bond donors (Lipinski definition) is 2. The lowest BCUT2D eigenvalue weighted by Gasteiger charge is -2.22. The molecule has 0 spiro atoms. The number of halogens is 1. The molecule has 28 heavy (non-hydrogen) atoms. The molecule has 2 aromatic heterocycles. The van der Waals surface area contributed by atoms with E-state index in [2.05, 4.69) is 20.5 Å².